The fourth-order valence-electron chi connectivity index (χ4n) is 5.44. The van der Waals surface area contributed by atoms with Gasteiger partial charge < -0.3 is 24.2 Å². The topological polar surface area (TPSA) is 189 Å². The summed E-state index contributed by atoms with van der Waals surface area (Å²) in [5.74, 6) is 1.11. The molecule has 2 N–H and O–H groups in total. The number of carbonyl (C=O) groups excluding carboxylic acids is 1. The SMILES string of the molecule is COc1ccc(CN(Cc2ccc(OC)cc2)S(=O)(=O)c2c(S(=O)(=O)N[C@H]3CN(C(=O)OC(C)(C)C)C[C@H]3O)ccc(I)c2C2=NCN=N2)cc1. The number of azo groups is 1. The summed E-state index contributed by atoms with van der Waals surface area (Å²) < 4.78 is 78.7. The Morgan fingerprint density at radius 1 is 0.941 bits per heavy atom. The fraction of sp³-hybridized carbons (Fsp3) is 0.394. The van der Waals surface area contributed by atoms with Crippen LogP contribution in [-0.4, -0.2) is 94.8 Å². The Balaban J connectivity index is 1.61. The van der Waals surface area contributed by atoms with Gasteiger partial charge in [0.2, 0.25) is 20.0 Å². The largest absolute Gasteiger partial charge is 0.497 e. The summed E-state index contributed by atoms with van der Waals surface area (Å²) in [4.78, 5) is 17.0. The predicted octanol–water partition coefficient (Wildman–Crippen LogP) is 4.13. The van der Waals surface area contributed by atoms with Gasteiger partial charge in [-0.2, -0.15) is 9.42 Å². The number of halogens is 1. The maximum Gasteiger partial charge on any atom is 0.410 e. The highest BCUT2D eigenvalue weighted by Crippen LogP contribution is 2.35. The minimum absolute atomic E-state index is 0.0310. The van der Waals surface area contributed by atoms with Crippen molar-refractivity contribution in [3.8, 4) is 11.5 Å². The number of likely N-dealkylation sites (tertiary alicyclic amines) is 1. The van der Waals surface area contributed by atoms with Crippen LogP contribution in [0.3, 0.4) is 0 Å². The molecule has 0 aromatic heterocycles. The molecule has 0 unspecified atom stereocenters. The van der Waals surface area contributed by atoms with E-state index >= 15 is 8.42 Å². The molecule has 1 fully saturated rings. The van der Waals surface area contributed by atoms with Crippen LogP contribution in [0, 0.1) is 3.57 Å². The molecular weight excluding hydrogens is 815 g/mol. The van der Waals surface area contributed by atoms with Crippen LogP contribution in [0.5, 0.6) is 11.5 Å². The lowest BCUT2D eigenvalue weighted by Gasteiger charge is -2.26. The summed E-state index contributed by atoms with van der Waals surface area (Å²) in [6.45, 7) is 4.32. The molecule has 2 aliphatic rings. The molecule has 0 bridgehead atoms. The highest BCUT2D eigenvalue weighted by atomic mass is 127. The van der Waals surface area contributed by atoms with Crippen molar-refractivity contribution < 1.29 is 40.9 Å². The van der Waals surface area contributed by atoms with E-state index < -0.39 is 53.7 Å². The molecule has 15 nitrogen and oxygen atoms in total. The van der Waals surface area contributed by atoms with E-state index in [1.807, 2.05) is 22.6 Å². The monoisotopic (exact) mass is 854 g/mol. The van der Waals surface area contributed by atoms with Gasteiger partial charge in [0.1, 0.15) is 26.9 Å². The lowest BCUT2D eigenvalue weighted by Crippen LogP contribution is -2.44. The number of amidine groups is 1. The second kappa shape index (κ2) is 15.5. The average Bonchev–Trinajstić information content (AvgIpc) is 3.74. The van der Waals surface area contributed by atoms with Gasteiger partial charge in [0.05, 0.1) is 38.5 Å². The number of methoxy groups -OCH3 is 2. The van der Waals surface area contributed by atoms with Crippen molar-refractivity contribution in [2.45, 2.75) is 61.4 Å². The summed E-state index contributed by atoms with van der Waals surface area (Å²) in [7, 11) is -6.37. The van der Waals surface area contributed by atoms with Crippen LogP contribution in [0.1, 0.15) is 37.5 Å². The van der Waals surface area contributed by atoms with Crippen LogP contribution in [0.2, 0.25) is 0 Å². The number of hydrogen-bond acceptors (Lipinski definition) is 12. The number of β-amino-alcohol motifs (C(OH)–C–C–N with tert-alkyl or cyclic N) is 1. The molecule has 3 aromatic carbocycles. The Labute approximate surface area is 310 Å². The average molecular weight is 855 g/mol. The zero-order valence-corrected chi connectivity index (χ0v) is 32.4. The first kappa shape index (κ1) is 38.5. The third kappa shape index (κ3) is 9.04. The number of sulfonamides is 2. The van der Waals surface area contributed by atoms with Gasteiger partial charge in [-0.05, 0) is 90.9 Å². The Bertz CT molecular complexity index is 1990. The number of nitrogens with one attached hydrogen (secondary N) is 1. The van der Waals surface area contributed by atoms with Crippen LogP contribution < -0.4 is 14.2 Å². The van der Waals surface area contributed by atoms with Gasteiger partial charge in [0.15, 0.2) is 12.5 Å². The number of amides is 1. The highest BCUT2D eigenvalue weighted by Gasteiger charge is 2.42. The maximum absolute atomic E-state index is 15.1. The van der Waals surface area contributed by atoms with Crippen molar-refractivity contribution in [1.29, 1.82) is 0 Å². The first-order valence-electron chi connectivity index (χ1n) is 15.7. The molecule has 0 spiro atoms. The van der Waals surface area contributed by atoms with Gasteiger partial charge in [-0.15, -0.1) is 5.11 Å². The molecule has 2 aliphatic heterocycles. The number of nitrogens with zero attached hydrogens (tertiary/aromatic N) is 5. The molecule has 2 atom stereocenters. The van der Waals surface area contributed by atoms with Gasteiger partial charge in [-0.25, -0.2) is 31.3 Å². The first-order chi connectivity index (χ1) is 24.0. The normalized spacial score (nSPS) is 17.9. The number of rotatable bonds is 12. The fourth-order valence-corrected chi connectivity index (χ4v) is 9.99. The van der Waals surface area contributed by atoms with Crippen molar-refractivity contribution in [2.75, 3.05) is 34.0 Å². The molecule has 274 valence electrons. The zero-order chi connectivity index (χ0) is 37.1. The molecule has 5 rings (SSSR count). The number of benzene rings is 3. The van der Waals surface area contributed by atoms with E-state index in [-0.39, 0.29) is 44.2 Å². The molecule has 1 amide bonds. The van der Waals surface area contributed by atoms with Crippen LogP contribution in [0.25, 0.3) is 0 Å². The van der Waals surface area contributed by atoms with Crippen LogP contribution in [-0.2, 0) is 37.9 Å². The standard InChI is InChI=1S/C33H39IN6O9S2/c1-33(2,3)49-32(42)39-18-26(27(41)19-39)38-50(43,44)28-15-14-25(34)29(31-35-20-36-37-31)30(28)51(45,46)40(16-21-6-10-23(47-4)11-7-21)17-22-8-12-24(48-5)13-9-22/h6-15,26-27,38,41H,16-20H2,1-5H3/t26-,27+/m0/s1. The van der Waals surface area contributed by atoms with E-state index in [9.17, 15) is 18.3 Å². The third-order valence-corrected chi connectivity index (χ3v) is 12.4. The molecule has 0 aliphatic carbocycles. The van der Waals surface area contributed by atoms with Crippen LogP contribution in [0.4, 0.5) is 4.79 Å². The summed E-state index contributed by atoms with van der Waals surface area (Å²) >= 11 is 1.91. The van der Waals surface area contributed by atoms with Crippen LogP contribution in [0.15, 0.2) is 85.7 Å². The van der Waals surface area contributed by atoms with Crippen molar-refractivity contribution in [3.63, 3.8) is 0 Å². The Hall–Kier alpha value is -3.69. The second-order valence-corrected chi connectivity index (χ2v) is 17.5. The Morgan fingerprint density at radius 2 is 1.51 bits per heavy atom. The molecule has 0 radical (unpaired) electrons. The highest BCUT2D eigenvalue weighted by molar-refractivity contribution is 14.1. The van der Waals surface area contributed by atoms with Gasteiger partial charge in [0, 0.05) is 23.2 Å². The lowest BCUT2D eigenvalue weighted by molar-refractivity contribution is 0.0270. The molecule has 51 heavy (non-hydrogen) atoms. The number of ether oxygens (including phenoxy) is 3. The predicted molar refractivity (Wildman–Crippen MR) is 196 cm³/mol. The van der Waals surface area contributed by atoms with Gasteiger partial charge in [-0.3, -0.25) is 0 Å². The second-order valence-electron chi connectivity index (χ2n) is 12.8. The Morgan fingerprint density at radius 3 is 2.00 bits per heavy atom. The van der Waals surface area contributed by atoms with E-state index in [1.54, 1.807) is 69.3 Å². The minimum Gasteiger partial charge on any atom is -0.497 e. The van der Waals surface area contributed by atoms with E-state index in [2.05, 4.69) is 19.9 Å². The molecular formula is C33H39IN6O9S2. The minimum atomic E-state index is -4.71. The van der Waals surface area contributed by atoms with Crippen molar-refractivity contribution in [3.05, 3.63) is 80.9 Å². The summed E-state index contributed by atoms with van der Waals surface area (Å²) in [6.07, 6.45) is -2.02. The lowest BCUT2D eigenvalue weighted by atomic mass is 10.2. The zero-order valence-electron chi connectivity index (χ0n) is 28.6. The van der Waals surface area contributed by atoms with Gasteiger partial charge in [-0.1, -0.05) is 24.3 Å². The number of aliphatic hydroxyl groups is 1. The maximum atomic E-state index is 15.1. The van der Waals surface area contributed by atoms with Gasteiger partial charge >= 0.3 is 6.09 Å². The molecule has 1 saturated heterocycles. The number of aliphatic imine (C=N–C) groups is 1. The number of carbonyl (C=O) groups is 1. The third-order valence-electron chi connectivity index (χ3n) is 7.91. The van der Waals surface area contributed by atoms with Gasteiger partial charge in [0.25, 0.3) is 0 Å². The van der Waals surface area contributed by atoms with E-state index in [0.717, 1.165) is 0 Å². The summed E-state index contributed by atoms with van der Waals surface area (Å²) in [6, 6.07) is 15.2. The Kier molecular flexibility index (Phi) is 11.7. The number of aliphatic hydroxyl groups excluding tert-OH is 1. The molecule has 18 heteroatoms. The van der Waals surface area contributed by atoms with Crippen molar-refractivity contribution >= 4 is 54.6 Å². The quantitative estimate of drug-likeness (QED) is 0.253. The first-order valence-corrected chi connectivity index (χ1v) is 19.7. The van der Waals surface area contributed by atoms with Crippen molar-refractivity contribution in [1.82, 2.24) is 13.9 Å². The summed E-state index contributed by atoms with van der Waals surface area (Å²) in [5, 5.41) is 18.8. The molecule has 3 aromatic rings. The number of hydrogen-bond donors (Lipinski definition) is 2. The van der Waals surface area contributed by atoms with E-state index in [0.29, 0.717) is 26.2 Å². The molecule has 0 saturated carbocycles. The van der Waals surface area contributed by atoms with E-state index in [4.69, 9.17) is 14.2 Å². The van der Waals surface area contributed by atoms with Crippen molar-refractivity contribution in [2.24, 2.45) is 15.2 Å². The summed E-state index contributed by atoms with van der Waals surface area (Å²) in [5.41, 5.74) is 0.370. The smallest absolute Gasteiger partial charge is 0.410 e. The molecule has 2 heterocycles. The van der Waals surface area contributed by atoms with Crippen LogP contribution >= 0.6 is 22.6 Å². The van der Waals surface area contributed by atoms with E-state index in [1.165, 1.54) is 35.6 Å².